The lowest BCUT2D eigenvalue weighted by atomic mass is 9.72. The minimum absolute atomic E-state index is 0.000193. The van der Waals surface area contributed by atoms with E-state index in [-0.39, 0.29) is 15.9 Å². The van der Waals surface area contributed by atoms with Crippen molar-refractivity contribution in [2.75, 3.05) is 0 Å². The number of sulfonamides is 1. The minimum Gasteiger partial charge on any atom is -0.260 e. The highest BCUT2D eigenvalue weighted by atomic mass is 32.2. The van der Waals surface area contributed by atoms with E-state index in [1.165, 1.54) is 17.8 Å². The number of nitrogens with one attached hydrogen (secondary N) is 1. The Balaban J connectivity index is 1.85. The number of hydrogen-bond donors (Lipinski definition) is 1. The van der Waals surface area contributed by atoms with Crippen molar-refractivity contribution in [3.05, 3.63) is 89.9 Å². The zero-order chi connectivity index (χ0) is 23.4. The molecule has 3 aromatic rings. The van der Waals surface area contributed by atoms with Crippen molar-refractivity contribution in [1.29, 1.82) is 0 Å². The van der Waals surface area contributed by atoms with Gasteiger partial charge in [0.1, 0.15) is 0 Å². The summed E-state index contributed by atoms with van der Waals surface area (Å²) in [7, 11) is -3.78. The summed E-state index contributed by atoms with van der Waals surface area (Å²) in [6, 6.07) is 18.4. The molecule has 170 valence electrons. The fraction of sp³-hybridized carbons (Fsp3) is 0.385. The lowest BCUT2D eigenvalue weighted by Crippen LogP contribution is -2.31. The third-order valence-electron chi connectivity index (χ3n) is 5.40. The van der Waals surface area contributed by atoms with Crippen LogP contribution in [0.1, 0.15) is 63.9 Å². The third kappa shape index (κ3) is 6.47. The van der Waals surface area contributed by atoms with Gasteiger partial charge in [-0.25, -0.2) is 18.1 Å². The van der Waals surface area contributed by atoms with E-state index in [0.29, 0.717) is 12.1 Å². The molecular formula is C26H33N3O2S. The molecule has 0 aliphatic rings. The van der Waals surface area contributed by atoms with Gasteiger partial charge in [-0.3, -0.25) is 4.98 Å². The van der Waals surface area contributed by atoms with Gasteiger partial charge in [0.05, 0.1) is 11.7 Å². The lowest BCUT2D eigenvalue weighted by Gasteiger charge is -2.33. The molecular weight excluding hydrogens is 418 g/mol. The highest BCUT2D eigenvalue weighted by Gasteiger charge is 2.28. The van der Waals surface area contributed by atoms with Crippen molar-refractivity contribution in [3.63, 3.8) is 0 Å². The maximum absolute atomic E-state index is 12.9. The molecule has 6 heteroatoms. The summed E-state index contributed by atoms with van der Waals surface area (Å²) in [4.78, 5) is 8.40. The predicted octanol–water partition coefficient (Wildman–Crippen LogP) is 5.45. The first-order chi connectivity index (χ1) is 15.0. The highest BCUT2D eigenvalue weighted by molar-refractivity contribution is 7.89. The van der Waals surface area contributed by atoms with E-state index in [1.54, 1.807) is 18.3 Å². The maximum Gasteiger partial charge on any atom is 0.258 e. The van der Waals surface area contributed by atoms with Crippen LogP contribution in [-0.4, -0.2) is 18.4 Å². The van der Waals surface area contributed by atoms with Gasteiger partial charge in [-0.05, 0) is 59.1 Å². The average molecular weight is 452 g/mol. The van der Waals surface area contributed by atoms with Gasteiger partial charge < -0.3 is 0 Å². The standard InChI is InChI=1S/C26H33N3O2S/c1-25(2,3)19-26(4,5)21-14-12-20(13-15-21)18-23(22-10-6-8-16-27-22)29-32(30,31)24-11-7-9-17-28-24/h6-17,23,29H,18-19H2,1-5H3. The molecule has 0 aliphatic heterocycles. The molecule has 0 radical (unpaired) electrons. The van der Waals surface area contributed by atoms with Crippen molar-refractivity contribution >= 4 is 10.0 Å². The molecule has 2 heterocycles. The van der Waals surface area contributed by atoms with E-state index in [2.05, 4.69) is 73.6 Å². The molecule has 0 saturated heterocycles. The SMILES string of the molecule is CC(C)(C)CC(C)(C)c1ccc(CC(NS(=O)(=O)c2ccccn2)c2ccccn2)cc1. The Bertz CT molecular complexity index is 1110. The largest absolute Gasteiger partial charge is 0.260 e. The van der Waals surface area contributed by atoms with Crippen LogP contribution >= 0.6 is 0 Å². The van der Waals surface area contributed by atoms with Crippen molar-refractivity contribution in [3.8, 4) is 0 Å². The second-order valence-electron chi connectivity index (χ2n) is 10.1. The fourth-order valence-corrected chi connectivity index (χ4v) is 5.45. The first-order valence-corrected chi connectivity index (χ1v) is 12.4. The summed E-state index contributed by atoms with van der Waals surface area (Å²) >= 11 is 0. The van der Waals surface area contributed by atoms with Crippen LogP contribution in [0.3, 0.4) is 0 Å². The smallest absolute Gasteiger partial charge is 0.258 e. The van der Waals surface area contributed by atoms with Crippen LogP contribution in [0.5, 0.6) is 0 Å². The normalized spacial score (nSPS) is 13.7. The van der Waals surface area contributed by atoms with Gasteiger partial charge in [0.2, 0.25) is 0 Å². The van der Waals surface area contributed by atoms with Crippen LogP contribution in [0.2, 0.25) is 0 Å². The number of pyridine rings is 2. The monoisotopic (exact) mass is 451 g/mol. The molecule has 0 fully saturated rings. The molecule has 0 amide bonds. The van der Waals surface area contributed by atoms with Gasteiger partial charge in [0.25, 0.3) is 10.0 Å². The van der Waals surface area contributed by atoms with Crippen molar-refractivity contribution < 1.29 is 8.42 Å². The topological polar surface area (TPSA) is 72.0 Å². The van der Waals surface area contributed by atoms with Crippen LogP contribution < -0.4 is 4.72 Å². The molecule has 1 unspecified atom stereocenters. The number of benzene rings is 1. The second kappa shape index (κ2) is 9.51. The lowest BCUT2D eigenvalue weighted by molar-refractivity contribution is 0.284. The third-order valence-corrected chi connectivity index (χ3v) is 6.79. The molecule has 0 aliphatic carbocycles. The van der Waals surface area contributed by atoms with Crippen LogP contribution in [0.15, 0.2) is 78.1 Å². The number of nitrogens with zero attached hydrogens (tertiary/aromatic N) is 2. The molecule has 3 rings (SSSR count). The fourth-order valence-electron chi connectivity index (χ4n) is 4.30. The number of aromatic nitrogens is 2. The Hall–Kier alpha value is -2.57. The average Bonchev–Trinajstić information content (AvgIpc) is 2.73. The van der Waals surface area contributed by atoms with E-state index in [1.807, 2.05) is 18.2 Å². The Morgan fingerprint density at radius 3 is 2.00 bits per heavy atom. The highest BCUT2D eigenvalue weighted by Crippen LogP contribution is 2.36. The zero-order valence-corrected chi connectivity index (χ0v) is 20.4. The molecule has 2 aromatic heterocycles. The van der Waals surface area contributed by atoms with E-state index in [0.717, 1.165) is 12.0 Å². The first kappa shape index (κ1) is 24.1. The van der Waals surface area contributed by atoms with Crippen molar-refractivity contribution in [2.24, 2.45) is 5.41 Å². The molecule has 1 N–H and O–H groups in total. The molecule has 1 atom stereocenters. The molecule has 0 spiro atoms. The Kier molecular flexibility index (Phi) is 7.16. The Morgan fingerprint density at radius 1 is 0.844 bits per heavy atom. The van der Waals surface area contributed by atoms with E-state index in [4.69, 9.17) is 0 Å². The second-order valence-corrected chi connectivity index (χ2v) is 11.8. The van der Waals surface area contributed by atoms with Gasteiger partial charge in [-0.1, -0.05) is 71.0 Å². The zero-order valence-electron chi connectivity index (χ0n) is 19.5. The quantitative estimate of drug-likeness (QED) is 0.494. The molecule has 32 heavy (non-hydrogen) atoms. The summed E-state index contributed by atoms with van der Waals surface area (Å²) in [6.07, 6.45) is 4.71. The molecule has 0 saturated carbocycles. The van der Waals surface area contributed by atoms with Crippen LogP contribution in [0, 0.1) is 5.41 Å². The van der Waals surface area contributed by atoms with Crippen LogP contribution in [0.25, 0.3) is 0 Å². The van der Waals surface area contributed by atoms with E-state index >= 15 is 0 Å². The Labute approximate surface area is 192 Å². The summed E-state index contributed by atoms with van der Waals surface area (Å²) in [6.45, 7) is 11.3. The van der Waals surface area contributed by atoms with Gasteiger partial charge >= 0.3 is 0 Å². The predicted molar refractivity (Wildman–Crippen MR) is 129 cm³/mol. The van der Waals surface area contributed by atoms with E-state index in [9.17, 15) is 8.42 Å². The van der Waals surface area contributed by atoms with E-state index < -0.39 is 16.1 Å². The summed E-state index contributed by atoms with van der Waals surface area (Å²) in [5, 5.41) is 0.000193. The summed E-state index contributed by atoms with van der Waals surface area (Å²) < 4.78 is 28.6. The van der Waals surface area contributed by atoms with Gasteiger partial charge in [-0.2, -0.15) is 0 Å². The summed E-state index contributed by atoms with van der Waals surface area (Å²) in [5.74, 6) is 0. The minimum atomic E-state index is -3.78. The Morgan fingerprint density at radius 2 is 1.47 bits per heavy atom. The van der Waals surface area contributed by atoms with Crippen molar-refractivity contribution in [2.45, 2.75) is 63.9 Å². The van der Waals surface area contributed by atoms with Gasteiger partial charge in [0, 0.05) is 12.4 Å². The number of hydrogen-bond acceptors (Lipinski definition) is 4. The number of rotatable bonds is 8. The van der Waals surface area contributed by atoms with Crippen LogP contribution in [0.4, 0.5) is 0 Å². The van der Waals surface area contributed by atoms with Crippen LogP contribution in [-0.2, 0) is 21.9 Å². The molecule has 5 nitrogen and oxygen atoms in total. The maximum atomic E-state index is 12.9. The first-order valence-electron chi connectivity index (χ1n) is 10.9. The van der Waals surface area contributed by atoms with Gasteiger partial charge in [-0.15, -0.1) is 0 Å². The molecule has 1 aromatic carbocycles. The van der Waals surface area contributed by atoms with Crippen molar-refractivity contribution in [1.82, 2.24) is 14.7 Å². The van der Waals surface area contributed by atoms with Gasteiger partial charge in [0.15, 0.2) is 5.03 Å². The molecule has 0 bridgehead atoms. The summed E-state index contributed by atoms with van der Waals surface area (Å²) in [5.41, 5.74) is 3.27.